The molecular formula is C20H29N3O2. The van der Waals surface area contributed by atoms with Crippen molar-refractivity contribution in [3.05, 3.63) is 29.8 Å². The summed E-state index contributed by atoms with van der Waals surface area (Å²) in [5.74, 6) is 0.455. The third-order valence-corrected chi connectivity index (χ3v) is 4.46. The summed E-state index contributed by atoms with van der Waals surface area (Å²) < 4.78 is 11.1. The zero-order valence-electron chi connectivity index (χ0n) is 15.9. The van der Waals surface area contributed by atoms with Gasteiger partial charge in [0.05, 0.1) is 17.7 Å². The Morgan fingerprint density at radius 2 is 2.00 bits per heavy atom. The second-order valence-corrected chi connectivity index (χ2v) is 6.77. The predicted molar refractivity (Wildman–Crippen MR) is 105 cm³/mol. The number of benzene rings is 1. The van der Waals surface area contributed by atoms with E-state index in [4.69, 9.17) is 20.2 Å². The summed E-state index contributed by atoms with van der Waals surface area (Å²) in [6.45, 7) is 9.30. The standard InChI is InChI=1S/C20H29N3O2/c1-6-25-13-15(11-12-20(3,4)24-5)22-18-14(2)16-9-7-8-10-17(16)23-19(18)21/h7-10H,6,11-13H2,1-5H3,(H2,21,23). The molecule has 1 heterocycles. The van der Waals surface area contributed by atoms with Gasteiger partial charge in [0.2, 0.25) is 0 Å². The molecule has 5 nitrogen and oxygen atoms in total. The van der Waals surface area contributed by atoms with Crippen LogP contribution in [0.4, 0.5) is 11.5 Å². The van der Waals surface area contributed by atoms with Crippen molar-refractivity contribution in [1.29, 1.82) is 0 Å². The normalized spacial score (nSPS) is 12.8. The van der Waals surface area contributed by atoms with Crippen molar-refractivity contribution in [1.82, 2.24) is 4.98 Å². The van der Waals surface area contributed by atoms with Gasteiger partial charge in [0, 0.05) is 24.8 Å². The van der Waals surface area contributed by atoms with Crippen molar-refractivity contribution in [2.75, 3.05) is 26.1 Å². The van der Waals surface area contributed by atoms with E-state index < -0.39 is 0 Å². The Morgan fingerprint density at radius 3 is 2.68 bits per heavy atom. The van der Waals surface area contributed by atoms with E-state index in [2.05, 4.69) is 18.8 Å². The molecule has 1 aromatic heterocycles. The summed E-state index contributed by atoms with van der Waals surface area (Å²) in [5.41, 5.74) is 9.62. The van der Waals surface area contributed by atoms with Gasteiger partial charge in [-0.1, -0.05) is 18.2 Å². The van der Waals surface area contributed by atoms with Crippen LogP contribution in [0.15, 0.2) is 29.3 Å². The van der Waals surface area contributed by atoms with Crippen molar-refractivity contribution in [2.24, 2.45) is 4.99 Å². The molecule has 5 heteroatoms. The van der Waals surface area contributed by atoms with Gasteiger partial charge in [-0.15, -0.1) is 0 Å². The zero-order valence-corrected chi connectivity index (χ0v) is 15.9. The van der Waals surface area contributed by atoms with Crippen LogP contribution in [-0.2, 0) is 9.47 Å². The van der Waals surface area contributed by atoms with Crippen LogP contribution in [0.5, 0.6) is 0 Å². The number of aromatic nitrogens is 1. The summed E-state index contributed by atoms with van der Waals surface area (Å²) in [6, 6.07) is 7.98. The number of nitrogens with two attached hydrogens (primary N) is 1. The lowest BCUT2D eigenvalue weighted by molar-refractivity contribution is 0.0169. The maximum absolute atomic E-state index is 6.19. The van der Waals surface area contributed by atoms with Crippen molar-refractivity contribution < 1.29 is 9.47 Å². The van der Waals surface area contributed by atoms with Crippen LogP contribution in [0.2, 0.25) is 0 Å². The molecule has 0 amide bonds. The van der Waals surface area contributed by atoms with Gasteiger partial charge in [0.1, 0.15) is 11.5 Å². The summed E-state index contributed by atoms with van der Waals surface area (Å²) in [4.78, 5) is 9.33. The highest BCUT2D eigenvalue weighted by Gasteiger charge is 2.18. The van der Waals surface area contributed by atoms with Crippen LogP contribution in [0, 0.1) is 6.92 Å². The Hall–Kier alpha value is -1.98. The van der Waals surface area contributed by atoms with Gasteiger partial charge >= 0.3 is 0 Å². The van der Waals surface area contributed by atoms with E-state index in [1.165, 1.54) is 0 Å². The van der Waals surface area contributed by atoms with E-state index in [1.54, 1.807) is 7.11 Å². The largest absolute Gasteiger partial charge is 0.382 e. The fraction of sp³-hybridized carbons (Fsp3) is 0.500. The molecular weight excluding hydrogens is 314 g/mol. The fourth-order valence-electron chi connectivity index (χ4n) is 2.62. The molecule has 1 aromatic carbocycles. The van der Waals surface area contributed by atoms with Gasteiger partial charge < -0.3 is 15.2 Å². The number of aryl methyl sites for hydroxylation is 1. The van der Waals surface area contributed by atoms with Crippen LogP contribution in [-0.4, -0.2) is 36.6 Å². The minimum atomic E-state index is -0.199. The molecule has 0 saturated heterocycles. The third kappa shape index (κ3) is 5.00. The topological polar surface area (TPSA) is 69.7 Å². The van der Waals surface area contributed by atoms with E-state index in [0.717, 1.165) is 40.7 Å². The molecule has 2 rings (SSSR count). The van der Waals surface area contributed by atoms with Crippen molar-refractivity contribution in [3.63, 3.8) is 0 Å². The van der Waals surface area contributed by atoms with Crippen LogP contribution in [0.25, 0.3) is 10.9 Å². The number of rotatable bonds is 8. The second kappa shape index (κ2) is 8.41. The molecule has 2 N–H and O–H groups in total. The van der Waals surface area contributed by atoms with Gasteiger partial charge in [0.15, 0.2) is 0 Å². The van der Waals surface area contributed by atoms with E-state index in [0.29, 0.717) is 19.0 Å². The van der Waals surface area contributed by atoms with E-state index in [-0.39, 0.29) is 5.60 Å². The minimum Gasteiger partial charge on any atom is -0.382 e. The van der Waals surface area contributed by atoms with Gasteiger partial charge in [-0.25, -0.2) is 4.98 Å². The lowest BCUT2D eigenvalue weighted by Gasteiger charge is -2.23. The zero-order chi connectivity index (χ0) is 18.4. The first-order valence-electron chi connectivity index (χ1n) is 8.72. The van der Waals surface area contributed by atoms with Crippen molar-refractivity contribution in [3.8, 4) is 0 Å². The Bertz CT molecular complexity index is 754. The van der Waals surface area contributed by atoms with E-state index in [9.17, 15) is 0 Å². The molecule has 0 aliphatic heterocycles. The summed E-state index contributed by atoms with van der Waals surface area (Å²) >= 11 is 0. The maximum atomic E-state index is 6.19. The van der Waals surface area contributed by atoms with Crippen LogP contribution < -0.4 is 5.73 Å². The molecule has 0 saturated carbocycles. The molecule has 136 valence electrons. The predicted octanol–water partition coefficient (Wildman–Crippen LogP) is 4.44. The van der Waals surface area contributed by atoms with Gasteiger partial charge in [-0.05, 0) is 52.2 Å². The van der Waals surface area contributed by atoms with Crippen LogP contribution in [0.3, 0.4) is 0 Å². The van der Waals surface area contributed by atoms with E-state index >= 15 is 0 Å². The average molecular weight is 343 g/mol. The number of anilines is 1. The first-order chi connectivity index (χ1) is 11.9. The molecule has 0 aliphatic carbocycles. The molecule has 0 bridgehead atoms. The molecule has 0 fully saturated rings. The third-order valence-electron chi connectivity index (χ3n) is 4.46. The smallest absolute Gasteiger partial charge is 0.150 e. The highest BCUT2D eigenvalue weighted by molar-refractivity contribution is 5.94. The first kappa shape index (κ1) is 19.3. The van der Waals surface area contributed by atoms with Crippen molar-refractivity contribution in [2.45, 2.75) is 46.1 Å². The maximum Gasteiger partial charge on any atom is 0.150 e. The highest BCUT2D eigenvalue weighted by Crippen LogP contribution is 2.31. The average Bonchev–Trinajstić information content (AvgIpc) is 2.60. The number of para-hydroxylation sites is 1. The van der Waals surface area contributed by atoms with Crippen molar-refractivity contribution >= 4 is 28.1 Å². The quantitative estimate of drug-likeness (QED) is 0.719. The number of ether oxygens (including phenoxy) is 2. The molecule has 25 heavy (non-hydrogen) atoms. The number of fused-ring (bicyclic) bond motifs is 1. The number of nitrogens with zero attached hydrogens (tertiary/aromatic N) is 2. The first-order valence-corrected chi connectivity index (χ1v) is 8.72. The van der Waals surface area contributed by atoms with Gasteiger partial charge in [-0.3, -0.25) is 4.99 Å². The minimum absolute atomic E-state index is 0.199. The van der Waals surface area contributed by atoms with E-state index in [1.807, 2.05) is 38.1 Å². The Kier molecular flexibility index (Phi) is 6.51. The van der Waals surface area contributed by atoms with Crippen LogP contribution >= 0.6 is 0 Å². The Labute approximate surface area is 150 Å². The van der Waals surface area contributed by atoms with Gasteiger partial charge in [0.25, 0.3) is 0 Å². The lowest BCUT2D eigenvalue weighted by Crippen LogP contribution is -2.24. The number of aliphatic imine (C=N–C) groups is 1. The molecule has 0 aliphatic rings. The van der Waals surface area contributed by atoms with Gasteiger partial charge in [-0.2, -0.15) is 0 Å². The summed E-state index contributed by atoms with van der Waals surface area (Å²) in [6.07, 6.45) is 1.64. The number of hydrogen-bond acceptors (Lipinski definition) is 5. The number of nitrogen functional groups attached to an aromatic ring is 1. The number of methoxy groups -OCH3 is 1. The summed E-state index contributed by atoms with van der Waals surface area (Å²) in [5, 5.41) is 1.07. The SMILES string of the molecule is CCOCC(CCC(C)(C)OC)=Nc1c(N)nc2ccccc2c1C. The number of hydrogen-bond donors (Lipinski definition) is 1. The Morgan fingerprint density at radius 1 is 1.28 bits per heavy atom. The Balaban J connectivity index is 2.39. The monoisotopic (exact) mass is 343 g/mol. The molecule has 0 unspecified atom stereocenters. The van der Waals surface area contributed by atoms with Crippen LogP contribution in [0.1, 0.15) is 39.2 Å². The highest BCUT2D eigenvalue weighted by atomic mass is 16.5. The number of pyridine rings is 1. The lowest BCUT2D eigenvalue weighted by atomic mass is 10.0. The molecule has 0 spiro atoms. The molecule has 0 radical (unpaired) electrons. The summed E-state index contributed by atoms with van der Waals surface area (Å²) in [7, 11) is 1.73. The fourth-order valence-corrected chi connectivity index (χ4v) is 2.62. The molecule has 0 atom stereocenters. The second-order valence-electron chi connectivity index (χ2n) is 6.77. The molecule has 2 aromatic rings.